The first-order valence-corrected chi connectivity index (χ1v) is 6.01. The van der Waals surface area contributed by atoms with Gasteiger partial charge in [0.1, 0.15) is 5.82 Å². The molecule has 3 rings (SSSR count). The van der Waals surface area contributed by atoms with Crippen molar-refractivity contribution >= 4 is 0 Å². The topological polar surface area (TPSA) is 55.0 Å². The van der Waals surface area contributed by atoms with E-state index in [0.717, 1.165) is 62.4 Å². The second kappa shape index (κ2) is 4.01. The Bertz CT molecular complexity index is 447. The maximum atomic E-state index is 11.8. The predicted molar refractivity (Wildman–Crippen MR) is 59.5 cm³/mol. The molecule has 2 heterocycles. The highest BCUT2D eigenvalue weighted by molar-refractivity contribution is 5.22. The number of hydrogen-bond acceptors (Lipinski definition) is 3. The van der Waals surface area contributed by atoms with Gasteiger partial charge in [0.25, 0.3) is 5.56 Å². The molecular formula is C12H16N2O2. The van der Waals surface area contributed by atoms with Gasteiger partial charge in [-0.3, -0.25) is 4.79 Å². The zero-order chi connectivity index (χ0) is 11.0. The zero-order valence-corrected chi connectivity index (χ0v) is 9.29. The van der Waals surface area contributed by atoms with Crippen LogP contribution in [0.5, 0.6) is 0 Å². The number of fused-ring (bicyclic) bond motifs is 1. The monoisotopic (exact) mass is 220 g/mol. The molecule has 1 N–H and O–H groups in total. The first-order valence-electron chi connectivity index (χ1n) is 6.01. The van der Waals surface area contributed by atoms with Crippen molar-refractivity contribution in [2.45, 2.75) is 32.1 Å². The van der Waals surface area contributed by atoms with E-state index >= 15 is 0 Å². The molecule has 1 aromatic rings. The molecular weight excluding hydrogens is 204 g/mol. The second-order valence-corrected chi connectivity index (χ2v) is 4.73. The lowest BCUT2D eigenvalue weighted by atomic mass is 10.0. The molecule has 1 atom stereocenters. The minimum Gasteiger partial charge on any atom is -0.381 e. The minimum absolute atomic E-state index is 0.0800. The molecule has 1 aliphatic heterocycles. The Kier molecular flexibility index (Phi) is 2.52. The summed E-state index contributed by atoms with van der Waals surface area (Å²) in [7, 11) is 0. The van der Waals surface area contributed by atoms with Crippen LogP contribution in [0.1, 0.15) is 29.9 Å². The Labute approximate surface area is 94.1 Å². The van der Waals surface area contributed by atoms with Crippen LogP contribution < -0.4 is 5.56 Å². The largest absolute Gasteiger partial charge is 0.381 e. The predicted octanol–water partition coefficient (Wildman–Crippen LogP) is 0.838. The maximum absolute atomic E-state index is 11.8. The molecule has 0 radical (unpaired) electrons. The molecule has 0 bridgehead atoms. The van der Waals surface area contributed by atoms with E-state index in [1.807, 2.05) is 0 Å². The lowest BCUT2D eigenvalue weighted by Gasteiger charge is -2.07. The summed E-state index contributed by atoms with van der Waals surface area (Å²) in [5, 5.41) is 0. The molecule has 1 saturated heterocycles. The van der Waals surface area contributed by atoms with Gasteiger partial charge in [0.15, 0.2) is 0 Å². The van der Waals surface area contributed by atoms with Gasteiger partial charge in [0.2, 0.25) is 0 Å². The molecule has 1 fully saturated rings. The standard InChI is InChI=1S/C12H16N2O2/c15-12-9-2-1-3-10(9)13-11(14-12)6-8-4-5-16-7-8/h8H,1-7H2,(H,13,14,15). The molecule has 1 aromatic heterocycles. The number of H-pyrrole nitrogens is 1. The van der Waals surface area contributed by atoms with Crippen molar-refractivity contribution in [3.05, 3.63) is 27.4 Å². The van der Waals surface area contributed by atoms with Crippen molar-refractivity contribution in [1.82, 2.24) is 9.97 Å². The molecule has 0 aromatic carbocycles. The molecule has 0 saturated carbocycles. The van der Waals surface area contributed by atoms with Crippen molar-refractivity contribution in [1.29, 1.82) is 0 Å². The molecule has 0 amide bonds. The highest BCUT2D eigenvalue weighted by Crippen LogP contribution is 2.19. The number of nitrogens with zero attached hydrogens (tertiary/aromatic N) is 1. The summed E-state index contributed by atoms with van der Waals surface area (Å²) in [5.74, 6) is 1.38. The van der Waals surface area contributed by atoms with Gasteiger partial charge in [-0.05, 0) is 31.6 Å². The average Bonchev–Trinajstić information content (AvgIpc) is 2.87. The number of rotatable bonds is 2. The summed E-state index contributed by atoms with van der Waals surface area (Å²) < 4.78 is 5.33. The lowest BCUT2D eigenvalue weighted by molar-refractivity contribution is 0.185. The van der Waals surface area contributed by atoms with Crippen LogP contribution >= 0.6 is 0 Å². The molecule has 1 aliphatic carbocycles. The number of aryl methyl sites for hydroxylation is 1. The minimum atomic E-state index is 0.0800. The summed E-state index contributed by atoms with van der Waals surface area (Å²) in [6.45, 7) is 1.65. The van der Waals surface area contributed by atoms with Gasteiger partial charge in [-0.25, -0.2) is 4.98 Å². The van der Waals surface area contributed by atoms with E-state index in [0.29, 0.717) is 5.92 Å². The third-order valence-electron chi connectivity index (χ3n) is 3.50. The highest BCUT2D eigenvalue weighted by Gasteiger charge is 2.20. The lowest BCUT2D eigenvalue weighted by Crippen LogP contribution is -2.19. The molecule has 4 heteroatoms. The average molecular weight is 220 g/mol. The fraction of sp³-hybridized carbons (Fsp3) is 0.667. The first-order chi connectivity index (χ1) is 7.83. The van der Waals surface area contributed by atoms with Gasteiger partial charge in [-0.1, -0.05) is 0 Å². The highest BCUT2D eigenvalue weighted by atomic mass is 16.5. The zero-order valence-electron chi connectivity index (χ0n) is 9.29. The molecule has 2 aliphatic rings. The normalized spacial score (nSPS) is 23.6. The van der Waals surface area contributed by atoms with Gasteiger partial charge < -0.3 is 9.72 Å². The Morgan fingerprint density at radius 1 is 1.44 bits per heavy atom. The summed E-state index contributed by atoms with van der Waals surface area (Å²) in [6.07, 6.45) is 4.86. The molecule has 0 spiro atoms. The van der Waals surface area contributed by atoms with Crippen LogP contribution in [0.3, 0.4) is 0 Å². The molecule has 4 nitrogen and oxygen atoms in total. The quantitative estimate of drug-likeness (QED) is 0.803. The number of aromatic nitrogens is 2. The van der Waals surface area contributed by atoms with E-state index in [4.69, 9.17) is 4.74 Å². The Hall–Kier alpha value is -1.16. The molecule has 16 heavy (non-hydrogen) atoms. The summed E-state index contributed by atoms with van der Waals surface area (Å²) in [5.41, 5.74) is 2.01. The van der Waals surface area contributed by atoms with Crippen LogP contribution in [0.15, 0.2) is 4.79 Å². The van der Waals surface area contributed by atoms with Crippen LogP contribution in [-0.2, 0) is 24.0 Å². The molecule has 86 valence electrons. The van der Waals surface area contributed by atoms with Crippen molar-refractivity contribution in [3.8, 4) is 0 Å². The van der Waals surface area contributed by atoms with Gasteiger partial charge >= 0.3 is 0 Å². The van der Waals surface area contributed by atoms with Crippen molar-refractivity contribution < 1.29 is 4.74 Å². The van der Waals surface area contributed by atoms with Crippen LogP contribution in [-0.4, -0.2) is 23.2 Å². The van der Waals surface area contributed by atoms with E-state index < -0.39 is 0 Å². The number of aromatic amines is 1. The summed E-state index contributed by atoms with van der Waals surface area (Å²) >= 11 is 0. The third kappa shape index (κ3) is 1.78. The second-order valence-electron chi connectivity index (χ2n) is 4.73. The number of nitrogens with one attached hydrogen (secondary N) is 1. The molecule has 1 unspecified atom stereocenters. The van der Waals surface area contributed by atoms with Gasteiger partial charge in [-0.2, -0.15) is 0 Å². The van der Waals surface area contributed by atoms with Crippen molar-refractivity contribution in [2.24, 2.45) is 5.92 Å². The third-order valence-corrected chi connectivity index (χ3v) is 3.50. The fourth-order valence-electron chi connectivity index (χ4n) is 2.61. The van der Waals surface area contributed by atoms with E-state index in [1.165, 1.54) is 0 Å². The van der Waals surface area contributed by atoms with Crippen LogP contribution in [0.2, 0.25) is 0 Å². The number of hydrogen-bond donors (Lipinski definition) is 1. The van der Waals surface area contributed by atoms with E-state index in [-0.39, 0.29) is 5.56 Å². The van der Waals surface area contributed by atoms with Crippen molar-refractivity contribution in [3.63, 3.8) is 0 Å². The van der Waals surface area contributed by atoms with Crippen LogP contribution in [0.25, 0.3) is 0 Å². The maximum Gasteiger partial charge on any atom is 0.254 e. The fourth-order valence-corrected chi connectivity index (χ4v) is 2.61. The van der Waals surface area contributed by atoms with E-state index in [9.17, 15) is 4.79 Å². The SMILES string of the molecule is O=c1[nH]c(CC2CCOC2)nc2c1CCC2. The Morgan fingerprint density at radius 2 is 2.38 bits per heavy atom. The van der Waals surface area contributed by atoms with E-state index in [1.54, 1.807) is 0 Å². The Morgan fingerprint density at radius 3 is 3.19 bits per heavy atom. The summed E-state index contributed by atoms with van der Waals surface area (Å²) in [4.78, 5) is 19.3. The van der Waals surface area contributed by atoms with Gasteiger partial charge in [-0.15, -0.1) is 0 Å². The van der Waals surface area contributed by atoms with Crippen LogP contribution in [0.4, 0.5) is 0 Å². The first kappa shape index (κ1) is 10.0. The number of ether oxygens (including phenoxy) is 1. The smallest absolute Gasteiger partial charge is 0.254 e. The van der Waals surface area contributed by atoms with Crippen LogP contribution in [0, 0.1) is 5.92 Å². The van der Waals surface area contributed by atoms with Gasteiger partial charge in [0, 0.05) is 25.2 Å². The van der Waals surface area contributed by atoms with Crippen molar-refractivity contribution in [2.75, 3.05) is 13.2 Å². The Balaban J connectivity index is 1.85. The summed E-state index contributed by atoms with van der Waals surface area (Å²) in [6, 6.07) is 0. The van der Waals surface area contributed by atoms with E-state index in [2.05, 4.69) is 9.97 Å². The van der Waals surface area contributed by atoms with Gasteiger partial charge in [0.05, 0.1) is 5.69 Å².